The molecule has 2 aromatic heterocycles. The number of imidazole rings is 1. The van der Waals surface area contributed by atoms with Crippen molar-refractivity contribution >= 4 is 5.82 Å². The molecule has 0 amide bonds. The summed E-state index contributed by atoms with van der Waals surface area (Å²) in [5, 5.41) is 0. The van der Waals surface area contributed by atoms with Gasteiger partial charge in [0.1, 0.15) is 11.6 Å². The van der Waals surface area contributed by atoms with Crippen LogP contribution in [0.5, 0.6) is 0 Å². The standard InChI is InChI=1S/C18H25N5/c1-13-10-20-14(2)17(21-13)22-8-3-4-16(12-22)18-19-7-9-23(18)11-15-5-6-15/h7,9-10,15-16H,3-6,8,11-12H2,1-2H3/t16-/m1/s1. The maximum atomic E-state index is 4.73. The maximum absolute atomic E-state index is 4.73. The van der Waals surface area contributed by atoms with Gasteiger partial charge in [-0.3, -0.25) is 4.98 Å². The van der Waals surface area contributed by atoms with Gasteiger partial charge in [-0.25, -0.2) is 9.97 Å². The number of hydrogen-bond acceptors (Lipinski definition) is 4. The molecule has 122 valence electrons. The zero-order valence-corrected chi connectivity index (χ0v) is 14.1. The Morgan fingerprint density at radius 2 is 2.04 bits per heavy atom. The SMILES string of the molecule is Cc1cnc(C)c(N2CCC[C@@H](c3nccn3CC3CC3)C2)n1. The first-order valence-electron chi connectivity index (χ1n) is 8.77. The number of rotatable bonds is 4. The van der Waals surface area contributed by atoms with Gasteiger partial charge in [-0.05, 0) is 45.4 Å². The number of aromatic nitrogens is 4. The van der Waals surface area contributed by atoms with Crippen molar-refractivity contribution in [1.82, 2.24) is 19.5 Å². The Kier molecular flexibility index (Phi) is 3.79. The average Bonchev–Trinajstić information content (AvgIpc) is 3.25. The Morgan fingerprint density at radius 3 is 2.87 bits per heavy atom. The molecular weight excluding hydrogens is 286 g/mol. The molecule has 0 aromatic carbocycles. The number of aryl methyl sites for hydroxylation is 2. The minimum Gasteiger partial charge on any atom is -0.354 e. The fraction of sp³-hybridized carbons (Fsp3) is 0.611. The first-order chi connectivity index (χ1) is 11.2. The topological polar surface area (TPSA) is 46.8 Å². The van der Waals surface area contributed by atoms with E-state index in [0.29, 0.717) is 5.92 Å². The first kappa shape index (κ1) is 14.7. The molecule has 4 rings (SSSR count). The molecule has 1 aliphatic carbocycles. The summed E-state index contributed by atoms with van der Waals surface area (Å²) in [5.41, 5.74) is 2.01. The lowest BCUT2D eigenvalue weighted by molar-refractivity contribution is 0.461. The fourth-order valence-corrected chi connectivity index (χ4v) is 3.62. The van der Waals surface area contributed by atoms with Crippen molar-refractivity contribution in [3.05, 3.63) is 35.8 Å². The smallest absolute Gasteiger partial charge is 0.150 e. The zero-order valence-electron chi connectivity index (χ0n) is 14.1. The van der Waals surface area contributed by atoms with Gasteiger partial charge in [0.2, 0.25) is 0 Å². The quantitative estimate of drug-likeness (QED) is 0.870. The summed E-state index contributed by atoms with van der Waals surface area (Å²) in [6.07, 6.45) is 11.1. The lowest BCUT2D eigenvalue weighted by Crippen LogP contribution is -2.36. The Hall–Kier alpha value is -1.91. The number of piperidine rings is 1. The third-order valence-corrected chi connectivity index (χ3v) is 5.04. The molecule has 3 heterocycles. The molecule has 1 aliphatic heterocycles. The molecule has 5 nitrogen and oxygen atoms in total. The predicted molar refractivity (Wildman–Crippen MR) is 90.6 cm³/mol. The van der Waals surface area contributed by atoms with Crippen LogP contribution in [0.3, 0.4) is 0 Å². The second-order valence-electron chi connectivity index (χ2n) is 7.09. The van der Waals surface area contributed by atoms with Gasteiger partial charge in [0.15, 0.2) is 0 Å². The Labute approximate surface area is 137 Å². The molecule has 2 aromatic rings. The van der Waals surface area contributed by atoms with Crippen molar-refractivity contribution in [3.63, 3.8) is 0 Å². The Bertz CT molecular complexity index is 688. The number of hydrogen-bond donors (Lipinski definition) is 0. The number of anilines is 1. The van der Waals surface area contributed by atoms with E-state index < -0.39 is 0 Å². The van der Waals surface area contributed by atoms with E-state index in [1.54, 1.807) is 0 Å². The van der Waals surface area contributed by atoms with Gasteiger partial charge in [-0.15, -0.1) is 0 Å². The molecule has 1 saturated carbocycles. The second kappa shape index (κ2) is 5.95. The van der Waals surface area contributed by atoms with Crippen molar-refractivity contribution in [2.24, 2.45) is 5.92 Å². The van der Waals surface area contributed by atoms with Crippen LogP contribution in [0.25, 0.3) is 0 Å². The van der Waals surface area contributed by atoms with Gasteiger partial charge < -0.3 is 9.47 Å². The summed E-state index contributed by atoms with van der Waals surface area (Å²) in [6.45, 7) is 7.29. The third kappa shape index (κ3) is 3.09. The minimum atomic E-state index is 0.499. The van der Waals surface area contributed by atoms with Gasteiger partial charge in [0.05, 0.1) is 11.4 Å². The molecule has 5 heteroatoms. The molecule has 0 bridgehead atoms. The maximum Gasteiger partial charge on any atom is 0.150 e. The van der Waals surface area contributed by atoms with Crippen LogP contribution in [0.15, 0.2) is 18.6 Å². The Morgan fingerprint density at radius 1 is 1.17 bits per heavy atom. The van der Waals surface area contributed by atoms with Crippen LogP contribution in [0.1, 0.15) is 48.8 Å². The normalized spacial score (nSPS) is 21.7. The summed E-state index contributed by atoms with van der Waals surface area (Å²) in [7, 11) is 0. The van der Waals surface area contributed by atoms with Crippen molar-refractivity contribution in [2.75, 3.05) is 18.0 Å². The molecular formula is C18H25N5. The monoisotopic (exact) mass is 311 g/mol. The van der Waals surface area contributed by atoms with Crippen molar-refractivity contribution < 1.29 is 0 Å². The highest BCUT2D eigenvalue weighted by molar-refractivity contribution is 5.44. The third-order valence-electron chi connectivity index (χ3n) is 5.04. The van der Waals surface area contributed by atoms with Gasteiger partial charge in [0.25, 0.3) is 0 Å². The van der Waals surface area contributed by atoms with Crippen LogP contribution in [0, 0.1) is 19.8 Å². The van der Waals surface area contributed by atoms with Gasteiger partial charge in [0, 0.05) is 44.1 Å². The van der Waals surface area contributed by atoms with Crippen LogP contribution in [-0.2, 0) is 6.54 Å². The lowest BCUT2D eigenvalue weighted by Gasteiger charge is -2.34. The first-order valence-corrected chi connectivity index (χ1v) is 8.77. The summed E-state index contributed by atoms with van der Waals surface area (Å²) in [4.78, 5) is 16.3. The summed E-state index contributed by atoms with van der Waals surface area (Å²) < 4.78 is 2.39. The second-order valence-corrected chi connectivity index (χ2v) is 7.09. The number of nitrogens with zero attached hydrogens (tertiary/aromatic N) is 5. The minimum absolute atomic E-state index is 0.499. The molecule has 2 fully saturated rings. The van der Waals surface area contributed by atoms with Crippen molar-refractivity contribution in [1.29, 1.82) is 0 Å². The van der Waals surface area contributed by atoms with E-state index in [0.717, 1.165) is 42.8 Å². The molecule has 0 unspecified atom stereocenters. The summed E-state index contributed by atoms with van der Waals surface area (Å²) >= 11 is 0. The van der Waals surface area contributed by atoms with Crippen molar-refractivity contribution in [3.8, 4) is 0 Å². The molecule has 1 atom stereocenters. The van der Waals surface area contributed by atoms with Gasteiger partial charge >= 0.3 is 0 Å². The van der Waals surface area contributed by atoms with E-state index >= 15 is 0 Å². The van der Waals surface area contributed by atoms with Crippen LogP contribution < -0.4 is 4.90 Å². The van der Waals surface area contributed by atoms with Crippen LogP contribution in [-0.4, -0.2) is 32.6 Å². The fourth-order valence-electron chi connectivity index (χ4n) is 3.62. The van der Waals surface area contributed by atoms with Crippen LogP contribution in [0.4, 0.5) is 5.82 Å². The molecule has 0 spiro atoms. The van der Waals surface area contributed by atoms with E-state index in [9.17, 15) is 0 Å². The molecule has 0 N–H and O–H groups in total. The van der Waals surface area contributed by atoms with Gasteiger partial charge in [-0.2, -0.15) is 0 Å². The molecule has 23 heavy (non-hydrogen) atoms. The van der Waals surface area contributed by atoms with E-state index in [4.69, 9.17) is 4.98 Å². The van der Waals surface area contributed by atoms with E-state index in [-0.39, 0.29) is 0 Å². The van der Waals surface area contributed by atoms with E-state index in [1.165, 1.54) is 31.5 Å². The summed E-state index contributed by atoms with van der Waals surface area (Å²) in [5.74, 6) is 3.70. The van der Waals surface area contributed by atoms with E-state index in [2.05, 4.69) is 32.6 Å². The highest BCUT2D eigenvalue weighted by Gasteiger charge is 2.28. The highest BCUT2D eigenvalue weighted by Crippen LogP contribution is 2.33. The van der Waals surface area contributed by atoms with Crippen molar-refractivity contribution in [2.45, 2.75) is 52.0 Å². The molecule has 2 aliphatic rings. The van der Waals surface area contributed by atoms with Crippen LogP contribution >= 0.6 is 0 Å². The van der Waals surface area contributed by atoms with E-state index in [1.807, 2.05) is 19.3 Å². The zero-order chi connectivity index (χ0) is 15.8. The predicted octanol–water partition coefficient (Wildman–Crippen LogP) is 3.08. The highest BCUT2D eigenvalue weighted by atomic mass is 15.2. The van der Waals surface area contributed by atoms with Crippen LogP contribution in [0.2, 0.25) is 0 Å². The largest absolute Gasteiger partial charge is 0.354 e. The average molecular weight is 311 g/mol. The van der Waals surface area contributed by atoms with Gasteiger partial charge in [-0.1, -0.05) is 0 Å². The summed E-state index contributed by atoms with van der Waals surface area (Å²) in [6, 6.07) is 0. The molecule has 0 radical (unpaired) electrons. The lowest BCUT2D eigenvalue weighted by atomic mass is 9.97. The Balaban J connectivity index is 1.55. The molecule has 1 saturated heterocycles.